The van der Waals surface area contributed by atoms with Crippen LogP contribution in [0.15, 0.2) is 53.5 Å². The molecule has 6 amide bonds. The number of nitrogens with zero attached hydrogens (tertiary/aromatic N) is 5. The average molecular weight is 839 g/mol. The third-order valence-electron chi connectivity index (χ3n) is 10.5. The van der Waals surface area contributed by atoms with Gasteiger partial charge in [0.15, 0.2) is 12.4 Å². The van der Waals surface area contributed by atoms with Crippen LogP contribution in [0.1, 0.15) is 105 Å². The number of fused-ring (bicyclic) bond motifs is 4. The molecule has 7 rings (SSSR count). The fourth-order valence-corrected chi connectivity index (χ4v) is 8.66. The lowest BCUT2D eigenvalue weighted by Crippen LogP contribution is -2.54. The van der Waals surface area contributed by atoms with E-state index in [0.29, 0.717) is 35.5 Å². The molecule has 0 aliphatic carbocycles. The quantitative estimate of drug-likeness (QED) is 0.0825. The third-order valence-corrected chi connectivity index (χ3v) is 11.9. The van der Waals surface area contributed by atoms with Gasteiger partial charge in [0.05, 0.1) is 16.8 Å². The molecule has 0 radical (unpaired) electrons. The highest BCUT2D eigenvalue weighted by atomic mass is 35.5. The molecule has 15 nitrogen and oxygen atoms in total. The molecule has 1 unspecified atom stereocenters. The molecule has 3 aliphatic heterocycles. The summed E-state index contributed by atoms with van der Waals surface area (Å²) in [6.07, 6.45) is 6.85. The summed E-state index contributed by atoms with van der Waals surface area (Å²) < 4.78 is 7.62. The van der Waals surface area contributed by atoms with E-state index in [9.17, 15) is 28.8 Å². The molecule has 59 heavy (non-hydrogen) atoms. The number of aryl methyl sites for hydroxylation is 2. The van der Waals surface area contributed by atoms with Gasteiger partial charge in [-0.05, 0) is 69.9 Å². The zero-order chi connectivity index (χ0) is 41.8. The second-order valence-electron chi connectivity index (χ2n) is 14.5. The van der Waals surface area contributed by atoms with E-state index in [1.54, 1.807) is 17.4 Å². The Bertz CT molecular complexity index is 2420. The first-order valence-corrected chi connectivity index (χ1v) is 20.7. The Balaban J connectivity index is 0.830. The Kier molecular flexibility index (Phi) is 12.5. The maximum Gasteiger partial charge on any atom is 0.266 e. The van der Waals surface area contributed by atoms with E-state index in [1.165, 1.54) is 18.2 Å². The van der Waals surface area contributed by atoms with E-state index in [-0.39, 0.29) is 48.1 Å². The summed E-state index contributed by atoms with van der Waals surface area (Å²) in [6.45, 7) is 6.63. The average Bonchev–Trinajstić information content (AvgIpc) is 3.79. The topological polar surface area (TPSA) is 194 Å². The van der Waals surface area contributed by atoms with Gasteiger partial charge in [-0.25, -0.2) is 4.99 Å². The smallest absolute Gasteiger partial charge is 0.266 e. The highest BCUT2D eigenvalue weighted by Crippen LogP contribution is 2.39. The fourth-order valence-electron chi connectivity index (χ4n) is 7.33. The third kappa shape index (κ3) is 8.73. The molecule has 1 saturated heterocycles. The predicted octanol–water partition coefficient (Wildman–Crippen LogP) is 5.15. The molecular weight excluding hydrogens is 796 g/mol. The van der Waals surface area contributed by atoms with Crippen LogP contribution < -0.4 is 20.7 Å². The summed E-state index contributed by atoms with van der Waals surface area (Å²) in [4.78, 5) is 83.0. The molecule has 0 saturated carbocycles. The molecule has 1 atom stereocenters. The first-order valence-electron chi connectivity index (χ1n) is 19.5. The highest BCUT2D eigenvalue weighted by molar-refractivity contribution is 7.15. The number of ether oxygens (including phenoxy) is 1. The molecule has 17 heteroatoms. The second-order valence-corrected chi connectivity index (χ2v) is 16.2. The number of unbranched alkanes of at least 4 members (excludes halogenated alkanes) is 5. The molecular formula is C42H43ClN8O7S. The number of aromatic nitrogens is 3. The van der Waals surface area contributed by atoms with E-state index in [4.69, 9.17) is 21.3 Å². The van der Waals surface area contributed by atoms with Crippen molar-refractivity contribution in [1.82, 2.24) is 35.6 Å². The van der Waals surface area contributed by atoms with Crippen LogP contribution in [0.25, 0.3) is 10.7 Å². The number of hydrogen-bond acceptors (Lipinski definition) is 11. The fraction of sp³-hybridized carbons (Fsp3) is 0.357. The molecule has 5 heterocycles. The summed E-state index contributed by atoms with van der Waals surface area (Å²) >= 11 is 7.85. The SMILES string of the molecule is Cc1sc2c(c1C)C(c1ccc(Cl)cc1)=N/C(=C/C(=O)NCCCCCCCCNC(=O)COc1cccc3c1C(=O)N(C1CCC(=O)NC1=O)C3=O)c1nnc(C)n1-2. The van der Waals surface area contributed by atoms with Gasteiger partial charge in [0.25, 0.3) is 17.7 Å². The first kappa shape index (κ1) is 41.2. The van der Waals surface area contributed by atoms with Crippen LogP contribution in [0.2, 0.25) is 5.02 Å². The molecule has 4 aromatic rings. The summed E-state index contributed by atoms with van der Waals surface area (Å²) in [5.74, 6) is -1.88. The largest absolute Gasteiger partial charge is 0.483 e. The predicted molar refractivity (Wildman–Crippen MR) is 221 cm³/mol. The standard InChI is InChI=1S/C42H43ClN8O7S/c1-23-24(2)59-42-35(23)37(26-13-15-27(43)16-14-26)46-29(38-49-48-25(3)50(38)42)21-33(53)44-19-8-6-4-5-7-9-20-45-34(54)22-58-31-12-10-11-28-36(31)41(57)51(40(28)56)30-17-18-32(52)47-39(30)55/h10-16,21,30H,4-9,17-20,22H2,1-3H3,(H,44,53)(H,45,54)(H,47,52,55)/b29-21+. The number of amides is 6. The maximum atomic E-state index is 13.2. The van der Waals surface area contributed by atoms with Gasteiger partial charge in [-0.15, -0.1) is 21.5 Å². The van der Waals surface area contributed by atoms with Crippen LogP contribution in [-0.4, -0.2) is 86.6 Å². The van der Waals surface area contributed by atoms with Gasteiger partial charge < -0.3 is 15.4 Å². The van der Waals surface area contributed by atoms with Gasteiger partial charge in [-0.2, -0.15) is 0 Å². The van der Waals surface area contributed by atoms with Gasteiger partial charge in [-0.1, -0.05) is 55.5 Å². The van der Waals surface area contributed by atoms with Crippen LogP contribution in [0.5, 0.6) is 5.75 Å². The van der Waals surface area contributed by atoms with Crippen molar-refractivity contribution in [2.45, 2.75) is 78.2 Å². The van der Waals surface area contributed by atoms with Crippen molar-refractivity contribution in [3.05, 3.63) is 97.9 Å². The van der Waals surface area contributed by atoms with E-state index >= 15 is 0 Å². The van der Waals surface area contributed by atoms with Crippen LogP contribution in [-0.2, 0) is 19.2 Å². The minimum absolute atomic E-state index is 0.00717. The van der Waals surface area contributed by atoms with Crippen molar-refractivity contribution < 1.29 is 33.5 Å². The van der Waals surface area contributed by atoms with Crippen molar-refractivity contribution in [2.75, 3.05) is 19.7 Å². The number of aliphatic imine (C=N–C) groups is 1. The number of piperidine rings is 1. The molecule has 306 valence electrons. The number of carbonyl (C=O) groups is 6. The van der Waals surface area contributed by atoms with Crippen molar-refractivity contribution in [1.29, 1.82) is 0 Å². The maximum absolute atomic E-state index is 13.2. The van der Waals surface area contributed by atoms with E-state index < -0.39 is 29.7 Å². The monoisotopic (exact) mass is 838 g/mol. The molecule has 2 aromatic heterocycles. The number of rotatable bonds is 15. The van der Waals surface area contributed by atoms with Gasteiger partial charge in [0.1, 0.15) is 28.3 Å². The lowest BCUT2D eigenvalue weighted by molar-refractivity contribution is -0.136. The van der Waals surface area contributed by atoms with Gasteiger partial charge in [0.2, 0.25) is 17.7 Å². The number of benzene rings is 2. The molecule has 2 aromatic carbocycles. The zero-order valence-corrected chi connectivity index (χ0v) is 34.4. The molecule has 0 spiro atoms. The van der Waals surface area contributed by atoms with Crippen molar-refractivity contribution >= 4 is 69.8 Å². The summed E-state index contributed by atoms with van der Waals surface area (Å²) in [6, 6.07) is 10.9. The van der Waals surface area contributed by atoms with Crippen LogP contribution in [0.3, 0.4) is 0 Å². The number of nitrogens with one attached hydrogen (secondary N) is 3. The Morgan fingerprint density at radius 2 is 1.63 bits per heavy atom. The Hall–Kier alpha value is -6.00. The van der Waals surface area contributed by atoms with Crippen molar-refractivity contribution in [3.63, 3.8) is 0 Å². The van der Waals surface area contributed by atoms with Crippen LogP contribution >= 0.6 is 22.9 Å². The van der Waals surface area contributed by atoms with E-state index in [2.05, 4.69) is 40.0 Å². The first-order chi connectivity index (χ1) is 28.4. The van der Waals surface area contributed by atoms with Gasteiger partial charge in [0, 0.05) is 46.6 Å². The molecule has 1 fully saturated rings. The summed E-state index contributed by atoms with van der Waals surface area (Å²) in [5, 5.41) is 18.3. The minimum Gasteiger partial charge on any atom is -0.483 e. The number of thiophene rings is 1. The number of hydrogen-bond donors (Lipinski definition) is 3. The highest BCUT2D eigenvalue weighted by Gasteiger charge is 2.46. The summed E-state index contributed by atoms with van der Waals surface area (Å²) in [5.41, 5.74) is 4.19. The second kappa shape index (κ2) is 17.9. The van der Waals surface area contributed by atoms with E-state index in [1.807, 2.05) is 35.8 Å². The Labute approximate surface area is 349 Å². The lowest BCUT2D eigenvalue weighted by Gasteiger charge is -2.27. The number of carbonyl (C=O) groups excluding carboxylic acids is 6. The van der Waals surface area contributed by atoms with Gasteiger partial charge >= 0.3 is 0 Å². The molecule has 3 aliphatic rings. The van der Waals surface area contributed by atoms with Gasteiger partial charge in [-0.3, -0.25) is 43.6 Å². The number of imide groups is 2. The summed E-state index contributed by atoms with van der Waals surface area (Å²) in [7, 11) is 0. The van der Waals surface area contributed by atoms with E-state index in [0.717, 1.165) is 75.7 Å². The molecule has 0 bridgehead atoms. The minimum atomic E-state index is -1.09. The van der Waals surface area contributed by atoms with Crippen LogP contribution in [0, 0.1) is 20.8 Å². The van der Waals surface area contributed by atoms with Crippen molar-refractivity contribution in [2.24, 2.45) is 4.99 Å². The Morgan fingerprint density at radius 1 is 0.915 bits per heavy atom. The number of halogens is 1. The van der Waals surface area contributed by atoms with Crippen molar-refractivity contribution in [3.8, 4) is 10.8 Å². The lowest BCUT2D eigenvalue weighted by atomic mass is 10.00. The van der Waals surface area contributed by atoms with Crippen LogP contribution in [0.4, 0.5) is 0 Å². The zero-order valence-electron chi connectivity index (χ0n) is 32.9. The Morgan fingerprint density at radius 3 is 2.36 bits per heavy atom. The normalized spacial score (nSPS) is 16.6. The molecule has 3 N–H and O–H groups in total.